The number of nitrogen functional groups attached to an aromatic ring is 1. The molecule has 0 amide bonds. The number of methoxy groups -OCH3 is 1. The SMILES string of the molecule is COc1ccc(N(C)C)c(-c2cnn(C)c2N)c1. The maximum atomic E-state index is 6.04. The number of hydrogen-bond donors (Lipinski definition) is 1. The fraction of sp³-hybridized carbons (Fsp3) is 0.308. The lowest BCUT2D eigenvalue weighted by atomic mass is 10.1. The maximum Gasteiger partial charge on any atom is 0.129 e. The van der Waals surface area contributed by atoms with Gasteiger partial charge in [0.1, 0.15) is 11.6 Å². The minimum Gasteiger partial charge on any atom is -0.497 e. The van der Waals surface area contributed by atoms with Gasteiger partial charge in [0.05, 0.1) is 13.3 Å². The maximum absolute atomic E-state index is 6.04. The van der Waals surface area contributed by atoms with Crippen molar-refractivity contribution in [2.45, 2.75) is 0 Å². The predicted octanol–water partition coefficient (Wildman–Crippen LogP) is 1.74. The molecule has 0 saturated heterocycles. The number of hydrogen-bond acceptors (Lipinski definition) is 4. The van der Waals surface area contributed by atoms with Crippen LogP contribution in [0.2, 0.25) is 0 Å². The summed E-state index contributed by atoms with van der Waals surface area (Å²) in [5.74, 6) is 1.45. The third-order valence-electron chi connectivity index (χ3n) is 2.96. The van der Waals surface area contributed by atoms with Gasteiger partial charge in [-0.25, -0.2) is 0 Å². The molecule has 2 N–H and O–H groups in total. The first-order valence-electron chi connectivity index (χ1n) is 5.67. The smallest absolute Gasteiger partial charge is 0.129 e. The lowest BCUT2D eigenvalue weighted by Gasteiger charge is -2.18. The number of rotatable bonds is 3. The third-order valence-corrected chi connectivity index (χ3v) is 2.96. The van der Waals surface area contributed by atoms with Crippen LogP contribution >= 0.6 is 0 Å². The van der Waals surface area contributed by atoms with Crippen LogP contribution in [0, 0.1) is 0 Å². The number of nitrogens with zero attached hydrogens (tertiary/aromatic N) is 3. The molecule has 0 radical (unpaired) electrons. The van der Waals surface area contributed by atoms with Crippen molar-refractivity contribution in [3.05, 3.63) is 24.4 Å². The van der Waals surface area contributed by atoms with Crippen molar-refractivity contribution in [3.63, 3.8) is 0 Å². The molecule has 1 heterocycles. The first kappa shape index (κ1) is 12.3. The Morgan fingerprint density at radius 2 is 2.00 bits per heavy atom. The van der Waals surface area contributed by atoms with Crippen molar-refractivity contribution in [1.82, 2.24) is 9.78 Å². The molecule has 0 fully saturated rings. The van der Waals surface area contributed by atoms with Gasteiger partial charge in [-0.1, -0.05) is 0 Å². The highest BCUT2D eigenvalue weighted by Crippen LogP contribution is 2.35. The lowest BCUT2D eigenvalue weighted by Crippen LogP contribution is -2.10. The first-order valence-corrected chi connectivity index (χ1v) is 5.67. The van der Waals surface area contributed by atoms with Crippen LogP contribution in [0.3, 0.4) is 0 Å². The van der Waals surface area contributed by atoms with E-state index < -0.39 is 0 Å². The first-order chi connectivity index (χ1) is 8.54. The Kier molecular flexibility index (Phi) is 3.14. The van der Waals surface area contributed by atoms with E-state index in [1.807, 2.05) is 44.2 Å². The van der Waals surface area contributed by atoms with Gasteiger partial charge < -0.3 is 15.4 Å². The van der Waals surface area contributed by atoms with E-state index in [4.69, 9.17) is 10.5 Å². The summed E-state index contributed by atoms with van der Waals surface area (Å²) in [6.07, 6.45) is 1.77. The number of ether oxygens (including phenoxy) is 1. The summed E-state index contributed by atoms with van der Waals surface area (Å²) in [5.41, 5.74) is 9.05. The molecule has 0 aliphatic rings. The van der Waals surface area contributed by atoms with E-state index in [0.717, 1.165) is 22.6 Å². The fourth-order valence-electron chi connectivity index (χ4n) is 1.90. The van der Waals surface area contributed by atoms with E-state index in [9.17, 15) is 0 Å². The second-order valence-corrected chi connectivity index (χ2v) is 4.34. The lowest BCUT2D eigenvalue weighted by molar-refractivity contribution is 0.415. The van der Waals surface area contributed by atoms with Gasteiger partial charge in [-0.05, 0) is 18.2 Å². The molecule has 5 nitrogen and oxygen atoms in total. The van der Waals surface area contributed by atoms with Crippen LogP contribution in [0.5, 0.6) is 5.75 Å². The molecule has 0 saturated carbocycles. The van der Waals surface area contributed by atoms with Crippen molar-refractivity contribution in [2.75, 3.05) is 31.8 Å². The van der Waals surface area contributed by atoms with E-state index in [1.165, 1.54) is 0 Å². The normalized spacial score (nSPS) is 10.4. The van der Waals surface area contributed by atoms with Crippen molar-refractivity contribution in [1.29, 1.82) is 0 Å². The van der Waals surface area contributed by atoms with Crippen LogP contribution in [-0.4, -0.2) is 31.0 Å². The largest absolute Gasteiger partial charge is 0.497 e. The Bertz CT molecular complexity index is 560. The summed E-state index contributed by atoms with van der Waals surface area (Å²) in [6, 6.07) is 5.93. The average Bonchev–Trinajstić information content (AvgIpc) is 2.69. The van der Waals surface area contributed by atoms with Crippen LogP contribution < -0.4 is 15.4 Å². The standard InChI is InChI=1S/C13H18N4O/c1-16(2)12-6-5-9(18-4)7-10(12)11-8-15-17(3)13(11)14/h5-8H,14H2,1-4H3. The second kappa shape index (κ2) is 4.60. The van der Waals surface area contributed by atoms with Crippen LogP contribution in [0.4, 0.5) is 11.5 Å². The molecular weight excluding hydrogens is 228 g/mol. The van der Waals surface area contributed by atoms with E-state index in [0.29, 0.717) is 5.82 Å². The molecule has 18 heavy (non-hydrogen) atoms. The number of anilines is 2. The molecule has 0 unspecified atom stereocenters. The fourth-order valence-corrected chi connectivity index (χ4v) is 1.90. The number of benzene rings is 1. The Hall–Kier alpha value is -2.17. The van der Waals surface area contributed by atoms with Gasteiger partial charge in [-0.2, -0.15) is 5.10 Å². The molecule has 1 aromatic heterocycles. The van der Waals surface area contributed by atoms with Crippen LogP contribution in [-0.2, 0) is 7.05 Å². The Morgan fingerprint density at radius 1 is 1.28 bits per heavy atom. The predicted molar refractivity (Wildman–Crippen MR) is 73.9 cm³/mol. The monoisotopic (exact) mass is 246 g/mol. The van der Waals surface area contributed by atoms with E-state index in [2.05, 4.69) is 5.10 Å². The molecule has 5 heteroatoms. The summed E-state index contributed by atoms with van der Waals surface area (Å²) in [5, 5.41) is 4.18. The number of aromatic nitrogens is 2. The molecule has 0 spiro atoms. The Balaban J connectivity index is 2.63. The zero-order valence-electron chi connectivity index (χ0n) is 11.1. The van der Waals surface area contributed by atoms with Gasteiger partial charge in [0.25, 0.3) is 0 Å². The highest BCUT2D eigenvalue weighted by Gasteiger charge is 2.14. The van der Waals surface area contributed by atoms with Gasteiger partial charge >= 0.3 is 0 Å². The van der Waals surface area contributed by atoms with Crippen molar-refractivity contribution in [3.8, 4) is 16.9 Å². The highest BCUT2D eigenvalue weighted by molar-refractivity contribution is 5.84. The van der Waals surface area contributed by atoms with Gasteiger partial charge in [-0.15, -0.1) is 0 Å². The van der Waals surface area contributed by atoms with Crippen LogP contribution in [0.25, 0.3) is 11.1 Å². The second-order valence-electron chi connectivity index (χ2n) is 4.34. The highest BCUT2D eigenvalue weighted by atomic mass is 16.5. The average molecular weight is 246 g/mol. The topological polar surface area (TPSA) is 56.3 Å². The van der Waals surface area contributed by atoms with E-state index in [1.54, 1.807) is 18.0 Å². The molecule has 0 bridgehead atoms. The molecule has 0 atom stereocenters. The van der Waals surface area contributed by atoms with Gasteiger partial charge in [0.2, 0.25) is 0 Å². The third kappa shape index (κ3) is 1.99. The van der Waals surface area contributed by atoms with E-state index >= 15 is 0 Å². The molecule has 2 rings (SSSR count). The van der Waals surface area contributed by atoms with Crippen molar-refractivity contribution < 1.29 is 4.74 Å². The van der Waals surface area contributed by atoms with Crippen molar-refractivity contribution in [2.24, 2.45) is 7.05 Å². The molecule has 96 valence electrons. The van der Waals surface area contributed by atoms with Gasteiger partial charge in [0.15, 0.2) is 0 Å². The molecule has 1 aromatic carbocycles. The summed E-state index contributed by atoms with van der Waals surface area (Å²) in [4.78, 5) is 2.04. The molecule has 2 aromatic rings. The zero-order chi connectivity index (χ0) is 13.3. The Labute approximate surface area is 107 Å². The van der Waals surface area contributed by atoms with Gasteiger partial charge in [-0.3, -0.25) is 4.68 Å². The quantitative estimate of drug-likeness (QED) is 0.896. The van der Waals surface area contributed by atoms with E-state index in [-0.39, 0.29) is 0 Å². The number of aryl methyl sites for hydroxylation is 1. The van der Waals surface area contributed by atoms with Gasteiger partial charge in [0, 0.05) is 38.0 Å². The zero-order valence-corrected chi connectivity index (χ0v) is 11.1. The summed E-state index contributed by atoms with van der Waals surface area (Å²) in [6.45, 7) is 0. The van der Waals surface area contributed by atoms with Crippen LogP contribution in [0.15, 0.2) is 24.4 Å². The summed E-state index contributed by atoms with van der Waals surface area (Å²) < 4.78 is 6.93. The Morgan fingerprint density at radius 3 is 2.50 bits per heavy atom. The minimum absolute atomic E-state index is 0.645. The van der Waals surface area contributed by atoms with Crippen molar-refractivity contribution >= 4 is 11.5 Å². The summed E-state index contributed by atoms with van der Waals surface area (Å²) in [7, 11) is 7.48. The summed E-state index contributed by atoms with van der Waals surface area (Å²) >= 11 is 0. The minimum atomic E-state index is 0.645. The van der Waals surface area contributed by atoms with Crippen LogP contribution in [0.1, 0.15) is 0 Å². The number of nitrogens with two attached hydrogens (primary N) is 1. The molecular formula is C13H18N4O. The molecule has 0 aliphatic heterocycles. The molecule has 0 aliphatic carbocycles.